The van der Waals surface area contributed by atoms with E-state index in [9.17, 15) is 4.39 Å². The average Bonchev–Trinajstić information content (AvgIpc) is 3.44. The molecule has 0 spiro atoms. The van der Waals surface area contributed by atoms with E-state index >= 15 is 0 Å². The zero-order chi connectivity index (χ0) is 21.4. The van der Waals surface area contributed by atoms with Crippen LogP contribution in [-0.2, 0) is 6.42 Å². The maximum atomic E-state index is 13.3. The molecule has 0 N–H and O–H groups in total. The lowest BCUT2D eigenvalue weighted by molar-refractivity contribution is 0.628. The summed E-state index contributed by atoms with van der Waals surface area (Å²) in [7, 11) is 2.01. The number of imidazole rings is 1. The minimum Gasteiger partial charge on any atom is -0.305 e. The number of anilines is 2. The van der Waals surface area contributed by atoms with Gasteiger partial charge in [-0.3, -0.25) is 9.38 Å². The van der Waals surface area contributed by atoms with Crippen molar-refractivity contribution in [2.45, 2.75) is 13.3 Å². The molecule has 1 aromatic carbocycles. The van der Waals surface area contributed by atoms with E-state index in [4.69, 9.17) is 9.97 Å². The van der Waals surface area contributed by atoms with Crippen LogP contribution in [-0.4, -0.2) is 26.4 Å². The Morgan fingerprint density at radius 3 is 2.55 bits per heavy atom. The van der Waals surface area contributed by atoms with Crippen molar-refractivity contribution in [3.05, 3.63) is 84.0 Å². The Hall–Kier alpha value is -3.58. The molecule has 4 aromatic heterocycles. The van der Waals surface area contributed by atoms with Crippen LogP contribution in [0.25, 0.3) is 28.0 Å². The quantitative estimate of drug-likeness (QED) is 0.344. The SMILES string of the molecule is CCc1nc2ccc(-c3cccnc3)cn2c1N(C)c1nc(-c2ccc(F)cc2)cs1. The lowest BCUT2D eigenvalue weighted by Crippen LogP contribution is -2.13. The largest absolute Gasteiger partial charge is 0.305 e. The summed E-state index contributed by atoms with van der Waals surface area (Å²) >= 11 is 1.55. The monoisotopic (exact) mass is 429 g/mol. The van der Waals surface area contributed by atoms with Gasteiger partial charge in [0.2, 0.25) is 0 Å². The van der Waals surface area contributed by atoms with E-state index in [1.165, 1.54) is 12.1 Å². The second kappa shape index (κ2) is 7.92. The van der Waals surface area contributed by atoms with Crippen LogP contribution in [0.1, 0.15) is 12.6 Å². The molecule has 4 heterocycles. The minimum atomic E-state index is -0.251. The summed E-state index contributed by atoms with van der Waals surface area (Å²) in [4.78, 5) is 15.9. The van der Waals surface area contributed by atoms with Gasteiger partial charge in [-0.1, -0.05) is 13.0 Å². The van der Waals surface area contributed by atoms with Crippen molar-refractivity contribution in [3.63, 3.8) is 0 Å². The van der Waals surface area contributed by atoms with Crippen LogP contribution in [0.3, 0.4) is 0 Å². The van der Waals surface area contributed by atoms with Crippen LogP contribution in [0.5, 0.6) is 0 Å². The lowest BCUT2D eigenvalue weighted by Gasteiger charge is -2.17. The second-order valence-corrected chi connectivity index (χ2v) is 8.04. The van der Waals surface area contributed by atoms with E-state index in [0.717, 1.165) is 51.1 Å². The number of hydrogen-bond donors (Lipinski definition) is 0. The van der Waals surface area contributed by atoms with Gasteiger partial charge in [0.25, 0.3) is 0 Å². The molecule has 5 nitrogen and oxygen atoms in total. The first-order chi connectivity index (χ1) is 15.1. The van der Waals surface area contributed by atoms with Gasteiger partial charge in [0, 0.05) is 47.7 Å². The number of halogens is 1. The number of thiazole rings is 1. The number of rotatable bonds is 5. The van der Waals surface area contributed by atoms with Crippen molar-refractivity contribution in [2.75, 3.05) is 11.9 Å². The number of pyridine rings is 2. The lowest BCUT2D eigenvalue weighted by atomic mass is 10.1. The number of benzene rings is 1. The molecule has 0 aliphatic rings. The van der Waals surface area contributed by atoms with E-state index in [1.807, 2.05) is 36.8 Å². The van der Waals surface area contributed by atoms with E-state index in [-0.39, 0.29) is 5.82 Å². The highest BCUT2D eigenvalue weighted by Crippen LogP contribution is 2.34. The summed E-state index contributed by atoms with van der Waals surface area (Å²) in [6, 6.07) is 14.5. The predicted molar refractivity (Wildman–Crippen MR) is 123 cm³/mol. The molecule has 0 fully saturated rings. The first kappa shape index (κ1) is 19.4. The molecule has 0 atom stereocenters. The first-order valence-corrected chi connectivity index (χ1v) is 10.9. The fraction of sp³-hybridized carbons (Fsp3) is 0.125. The average molecular weight is 430 g/mol. The molecule has 0 saturated carbocycles. The van der Waals surface area contributed by atoms with Crippen LogP contribution >= 0.6 is 11.3 Å². The molecule has 0 radical (unpaired) electrons. The number of nitrogens with zero attached hydrogens (tertiary/aromatic N) is 5. The minimum absolute atomic E-state index is 0.251. The van der Waals surface area contributed by atoms with Crippen molar-refractivity contribution in [3.8, 4) is 22.4 Å². The van der Waals surface area contributed by atoms with Gasteiger partial charge in [0.1, 0.15) is 17.3 Å². The summed E-state index contributed by atoms with van der Waals surface area (Å²) in [5.41, 5.74) is 5.74. The van der Waals surface area contributed by atoms with Gasteiger partial charge in [0.05, 0.1) is 11.4 Å². The third-order valence-corrected chi connectivity index (χ3v) is 6.15. The van der Waals surface area contributed by atoms with E-state index in [2.05, 4.69) is 33.5 Å². The molecule has 154 valence electrons. The zero-order valence-corrected chi connectivity index (χ0v) is 18.0. The third kappa shape index (κ3) is 3.57. The summed E-state index contributed by atoms with van der Waals surface area (Å²) in [6.07, 6.45) is 6.53. The molecule has 0 aliphatic heterocycles. The molecule has 0 amide bonds. The Labute approximate surface area is 183 Å². The zero-order valence-electron chi connectivity index (χ0n) is 17.2. The van der Waals surface area contributed by atoms with Crippen LogP contribution < -0.4 is 4.90 Å². The second-order valence-electron chi connectivity index (χ2n) is 7.20. The summed E-state index contributed by atoms with van der Waals surface area (Å²) in [5, 5.41) is 2.84. The number of hydrogen-bond acceptors (Lipinski definition) is 5. The Kier molecular flexibility index (Phi) is 4.95. The normalized spacial score (nSPS) is 11.2. The highest BCUT2D eigenvalue weighted by Gasteiger charge is 2.19. The molecule has 0 bridgehead atoms. The molecular weight excluding hydrogens is 409 g/mol. The highest BCUT2D eigenvalue weighted by molar-refractivity contribution is 7.14. The number of aromatic nitrogens is 4. The van der Waals surface area contributed by atoms with Crippen molar-refractivity contribution in [2.24, 2.45) is 0 Å². The Balaban J connectivity index is 1.58. The highest BCUT2D eigenvalue weighted by atomic mass is 32.1. The summed E-state index contributed by atoms with van der Waals surface area (Å²) < 4.78 is 15.4. The van der Waals surface area contributed by atoms with E-state index in [1.54, 1.807) is 29.7 Å². The third-order valence-electron chi connectivity index (χ3n) is 5.23. The standard InChI is InChI=1S/C24H20FN5S/c1-3-20-23(29(2)24-28-21(15-31-24)16-6-9-19(25)10-7-16)30-14-18(8-11-22(30)27-20)17-5-4-12-26-13-17/h4-15H,3H2,1-2H3. The Bertz CT molecular complexity index is 1340. The summed E-state index contributed by atoms with van der Waals surface area (Å²) in [5.74, 6) is 0.738. The van der Waals surface area contributed by atoms with Crippen molar-refractivity contribution < 1.29 is 4.39 Å². The first-order valence-electron chi connectivity index (χ1n) is 10.0. The molecule has 5 aromatic rings. The van der Waals surface area contributed by atoms with Crippen LogP contribution in [0.2, 0.25) is 0 Å². The van der Waals surface area contributed by atoms with Crippen LogP contribution in [0.15, 0.2) is 72.5 Å². The smallest absolute Gasteiger partial charge is 0.191 e. The molecular formula is C24H20FN5S. The number of aryl methyl sites for hydroxylation is 1. The maximum absolute atomic E-state index is 13.3. The predicted octanol–water partition coefficient (Wildman–Crippen LogP) is 5.99. The molecule has 0 unspecified atom stereocenters. The van der Waals surface area contributed by atoms with Crippen LogP contribution in [0, 0.1) is 5.82 Å². The Morgan fingerprint density at radius 2 is 1.81 bits per heavy atom. The number of fused-ring (bicyclic) bond motifs is 1. The van der Waals surface area contributed by atoms with Crippen molar-refractivity contribution in [1.82, 2.24) is 19.4 Å². The fourth-order valence-corrected chi connectivity index (χ4v) is 4.44. The van der Waals surface area contributed by atoms with Crippen LogP contribution in [0.4, 0.5) is 15.3 Å². The van der Waals surface area contributed by atoms with Gasteiger partial charge >= 0.3 is 0 Å². The summed E-state index contributed by atoms with van der Waals surface area (Å²) in [6.45, 7) is 2.10. The molecule has 0 aliphatic carbocycles. The fourth-order valence-electron chi connectivity index (χ4n) is 3.64. The molecule has 7 heteroatoms. The van der Waals surface area contributed by atoms with E-state index < -0.39 is 0 Å². The van der Waals surface area contributed by atoms with Gasteiger partial charge in [-0.2, -0.15) is 0 Å². The maximum Gasteiger partial charge on any atom is 0.191 e. The Morgan fingerprint density at radius 1 is 1.00 bits per heavy atom. The molecule has 5 rings (SSSR count). The van der Waals surface area contributed by atoms with Crippen molar-refractivity contribution in [1.29, 1.82) is 0 Å². The van der Waals surface area contributed by atoms with Gasteiger partial charge in [-0.25, -0.2) is 14.4 Å². The van der Waals surface area contributed by atoms with E-state index in [0.29, 0.717) is 0 Å². The van der Waals surface area contributed by atoms with Crippen molar-refractivity contribution >= 4 is 27.9 Å². The molecule has 0 saturated heterocycles. The van der Waals surface area contributed by atoms with Gasteiger partial charge < -0.3 is 4.90 Å². The van der Waals surface area contributed by atoms with Gasteiger partial charge in [-0.15, -0.1) is 11.3 Å². The molecule has 31 heavy (non-hydrogen) atoms. The topological polar surface area (TPSA) is 46.3 Å². The van der Waals surface area contributed by atoms with Gasteiger partial charge in [0.15, 0.2) is 5.13 Å². The van der Waals surface area contributed by atoms with Gasteiger partial charge in [-0.05, 0) is 48.9 Å².